The van der Waals surface area contributed by atoms with Crippen LogP contribution in [0.4, 0.5) is 0 Å². The normalized spacial score (nSPS) is 19.8. The molecule has 0 saturated carbocycles. The van der Waals surface area contributed by atoms with Crippen molar-refractivity contribution in [3.63, 3.8) is 0 Å². The van der Waals surface area contributed by atoms with Crippen molar-refractivity contribution in [1.29, 1.82) is 0 Å². The van der Waals surface area contributed by atoms with Crippen molar-refractivity contribution >= 4 is 22.7 Å². The highest BCUT2D eigenvalue weighted by atomic mass is 16.5. The Kier molecular flexibility index (Phi) is 4.87. The standard InChI is InChI=1S/C28H25N3O3/c1-34-24-14-8-6-12-20(24)27-26-21(19-11-5-7-13-22(19)29-26)15-23-28(33)30(17-25(32)31(23)27)16-18-9-3-2-4-10-18/h2-14,23,27,29H,15-17H2,1H3/t23-,27-/m0/s1. The van der Waals surface area contributed by atoms with Crippen LogP contribution in [-0.2, 0) is 22.6 Å². The van der Waals surface area contributed by atoms with E-state index in [1.54, 1.807) is 16.9 Å². The zero-order chi connectivity index (χ0) is 23.2. The molecule has 1 N–H and O–H groups in total. The molecular formula is C28H25N3O3. The van der Waals surface area contributed by atoms with Crippen molar-refractivity contribution in [2.24, 2.45) is 0 Å². The second-order valence-corrected chi connectivity index (χ2v) is 8.91. The largest absolute Gasteiger partial charge is 0.496 e. The number of ether oxygens (including phenoxy) is 1. The third-order valence-electron chi connectivity index (χ3n) is 6.99. The van der Waals surface area contributed by atoms with Gasteiger partial charge in [-0.25, -0.2) is 0 Å². The number of aromatic amines is 1. The molecule has 3 heterocycles. The topological polar surface area (TPSA) is 65.6 Å². The molecule has 6 heteroatoms. The highest BCUT2D eigenvalue weighted by Crippen LogP contribution is 2.44. The number of rotatable bonds is 4. The Morgan fingerprint density at radius 3 is 2.50 bits per heavy atom. The number of nitrogens with one attached hydrogen (secondary N) is 1. The average Bonchev–Trinajstić information content (AvgIpc) is 3.25. The Morgan fingerprint density at radius 1 is 0.941 bits per heavy atom. The van der Waals surface area contributed by atoms with E-state index < -0.39 is 12.1 Å². The van der Waals surface area contributed by atoms with Gasteiger partial charge in [-0.3, -0.25) is 9.59 Å². The van der Waals surface area contributed by atoms with Crippen LogP contribution in [0.25, 0.3) is 10.9 Å². The van der Waals surface area contributed by atoms with Crippen molar-refractivity contribution in [1.82, 2.24) is 14.8 Å². The van der Waals surface area contributed by atoms with Crippen LogP contribution in [0, 0.1) is 0 Å². The summed E-state index contributed by atoms with van der Waals surface area (Å²) in [7, 11) is 1.63. The van der Waals surface area contributed by atoms with Crippen LogP contribution in [0.5, 0.6) is 5.75 Å². The van der Waals surface area contributed by atoms with Crippen LogP contribution in [0.2, 0.25) is 0 Å². The predicted octanol–water partition coefficient (Wildman–Crippen LogP) is 4.06. The molecule has 0 unspecified atom stereocenters. The fraction of sp³-hybridized carbons (Fsp3) is 0.214. The number of hydrogen-bond acceptors (Lipinski definition) is 3. The molecule has 4 aromatic rings. The minimum Gasteiger partial charge on any atom is -0.496 e. The number of methoxy groups -OCH3 is 1. The average molecular weight is 452 g/mol. The molecule has 2 aliphatic rings. The molecule has 170 valence electrons. The molecule has 3 aromatic carbocycles. The van der Waals surface area contributed by atoms with E-state index >= 15 is 0 Å². The van der Waals surface area contributed by atoms with Gasteiger partial charge in [-0.15, -0.1) is 0 Å². The fourth-order valence-corrected chi connectivity index (χ4v) is 5.48. The van der Waals surface area contributed by atoms with E-state index in [1.807, 2.05) is 72.8 Å². The monoisotopic (exact) mass is 451 g/mol. The number of hydrogen-bond donors (Lipinski definition) is 1. The summed E-state index contributed by atoms with van der Waals surface area (Å²) in [5.41, 5.74) is 4.95. The van der Waals surface area contributed by atoms with Crippen molar-refractivity contribution in [2.75, 3.05) is 13.7 Å². The summed E-state index contributed by atoms with van der Waals surface area (Å²) in [6.07, 6.45) is 0.487. The molecule has 0 bridgehead atoms. The number of fused-ring (bicyclic) bond motifs is 4. The van der Waals surface area contributed by atoms with Crippen molar-refractivity contribution in [3.05, 3.63) is 101 Å². The van der Waals surface area contributed by atoms with Gasteiger partial charge in [0.1, 0.15) is 24.4 Å². The molecule has 1 fully saturated rings. The first-order chi connectivity index (χ1) is 16.7. The predicted molar refractivity (Wildman–Crippen MR) is 129 cm³/mol. The van der Waals surface area contributed by atoms with E-state index in [4.69, 9.17) is 4.74 Å². The summed E-state index contributed by atoms with van der Waals surface area (Å²) in [6.45, 7) is 0.487. The molecule has 34 heavy (non-hydrogen) atoms. The van der Waals surface area contributed by atoms with Crippen LogP contribution < -0.4 is 4.74 Å². The summed E-state index contributed by atoms with van der Waals surface area (Å²) in [5, 5.41) is 1.09. The maximum Gasteiger partial charge on any atom is 0.246 e. The second kappa shape index (κ2) is 8.06. The molecule has 2 aliphatic heterocycles. The second-order valence-electron chi connectivity index (χ2n) is 8.91. The lowest BCUT2D eigenvalue weighted by Gasteiger charge is -2.47. The van der Waals surface area contributed by atoms with E-state index in [0.29, 0.717) is 18.7 Å². The zero-order valence-corrected chi connectivity index (χ0v) is 18.9. The van der Waals surface area contributed by atoms with E-state index in [1.165, 1.54) is 0 Å². The number of nitrogens with zero attached hydrogens (tertiary/aromatic N) is 2. The van der Waals surface area contributed by atoms with Gasteiger partial charge >= 0.3 is 0 Å². The molecule has 0 radical (unpaired) electrons. The van der Waals surface area contributed by atoms with E-state index in [9.17, 15) is 9.59 Å². The van der Waals surface area contributed by atoms with Gasteiger partial charge in [0.15, 0.2) is 0 Å². The molecule has 6 nitrogen and oxygen atoms in total. The Labute approximate surface area is 197 Å². The number of carbonyl (C=O) groups excluding carboxylic acids is 2. The summed E-state index contributed by atoms with van der Waals surface area (Å²) in [4.78, 5) is 34.5. The van der Waals surface area contributed by atoms with Gasteiger partial charge in [0, 0.05) is 35.1 Å². The molecule has 2 atom stereocenters. The Morgan fingerprint density at radius 2 is 1.68 bits per heavy atom. The van der Waals surface area contributed by atoms with Gasteiger partial charge in [-0.05, 0) is 23.3 Å². The number of carbonyl (C=O) groups is 2. The number of piperazine rings is 1. The lowest BCUT2D eigenvalue weighted by Crippen LogP contribution is -2.62. The first-order valence-corrected chi connectivity index (χ1v) is 11.5. The Balaban J connectivity index is 1.49. The van der Waals surface area contributed by atoms with E-state index in [0.717, 1.165) is 33.3 Å². The first kappa shape index (κ1) is 20.5. The SMILES string of the molecule is COc1ccccc1[C@H]1c2[nH]c3ccccc3c2C[C@H]2C(=O)N(Cc3ccccc3)CC(=O)N12. The summed E-state index contributed by atoms with van der Waals surface area (Å²) < 4.78 is 5.68. The first-order valence-electron chi connectivity index (χ1n) is 11.5. The van der Waals surface area contributed by atoms with Gasteiger partial charge in [0.2, 0.25) is 11.8 Å². The van der Waals surface area contributed by atoms with Crippen molar-refractivity contribution in [2.45, 2.75) is 25.0 Å². The smallest absolute Gasteiger partial charge is 0.246 e. The van der Waals surface area contributed by atoms with E-state index in [2.05, 4.69) is 11.1 Å². The molecule has 1 aromatic heterocycles. The van der Waals surface area contributed by atoms with Crippen LogP contribution in [0.3, 0.4) is 0 Å². The van der Waals surface area contributed by atoms with Crippen LogP contribution in [0.1, 0.15) is 28.4 Å². The number of aromatic nitrogens is 1. The lowest BCUT2D eigenvalue weighted by molar-refractivity contribution is -0.159. The maximum absolute atomic E-state index is 13.8. The number of benzene rings is 3. The number of H-pyrrole nitrogens is 1. The van der Waals surface area contributed by atoms with Gasteiger partial charge in [-0.2, -0.15) is 0 Å². The minimum atomic E-state index is -0.563. The quantitative estimate of drug-likeness (QED) is 0.509. The van der Waals surface area contributed by atoms with Gasteiger partial charge < -0.3 is 19.5 Å². The molecular weight excluding hydrogens is 426 g/mol. The van der Waals surface area contributed by atoms with Crippen LogP contribution in [-0.4, -0.2) is 46.3 Å². The minimum absolute atomic E-state index is 0.0146. The summed E-state index contributed by atoms with van der Waals surface area (Å²) in [5.74, 6) is 0.629. The zero-order valence-electron chi connectivity index (χ0n) is 18.9. The Bertz CT molecular complexity index is 1390. The fourth-order valence-electron chi connectivity index (χ4n) is 5.48. The molecule has 6 rings (SSSR count). The van der Waals surface area contributed by atoms with Gasteiger partial charge in [-0.1, -0.05) is 66.7 Å². The highest BCUT2D eigenvalue weighted by Gasteiger charge is 2.48. The molecule has 0 aliphatic carbocycles. The van der Waals surface area contributed by atoms with Crippen molar-refractivity contribution in [3.8, 4) is 5.75 Å². The maximum atomic E-state index is 13.8. The molecule has 2 amide bonds. The van der Waals surface area contributed by atoms with Gasteiger partial charge in [0.25, 0.3) is 0 Å². The highest BCUT2D eigenvalue weighted by molar-refractivity contribution is 5.97. The number of amides is 2. The number of para-hydroxylation sites is 2. The summed E-state index contributed by atoms with van der Waals surface area (Å²) >= 11 is 0. The van der Waals surface area contributed by atoms with E-state index in [-0.39, 0.29) is 18.4 Å². The Hall–Kier alpha value is -4.06. The molecule has 0 spiro atoms. The van der Waals surface area contributed by atoms with Crippen LogP contribution in [0.15, 0.2) is 78.9 Å². The lowest BCUT2D eigenvalue weighted by atomic mass is 9.86. The van der Waals surface area contributed by atoms with Gasteiger partial charge in [0.05, 0.1) is 7.11 Å². The van der Waals surface area contributed by atoms with Crippen molar-refractivity contribution < 1.29 is 14.3 Å². The van der Waals surface area contributed by atoms with Crippen LogP contribution >= 0.6 is 0 Å². The third kappa shape index (κ3) is 3.17. The molecule has 1 saturated heterocycles. The summed E-state index contributed by atoms with van der Waals surface area (Å²) in [6, 6.07) is 24.7. The third-order valence-corrected chi connectivity index (χ3v) is 6.99.